The van der Waals surface area contributed by atoms with Gasteiger partial charge in [0.05, 0.1) is 11.5 Å². The van der Waals surface area contributed by atoms with Gasteiger partial charge in [0.15, 0.2) is 10.3 Å². The third-order valence-corrected chi connectivity index (χ3v) is 6.25. The van der Waals surface area contributed by atoms with Gasteiger partial charge < -0.3 is 9.88 Å². The minimum absolute atomic E-state index is 0.136. The zero-order valence-corrected chi connectivity index (χ0v) is 19.9. The van der Waals surface area contributed by atoms with Crippen LogP contribution in [0.4, 0.5) is 5.69 Å². The molecule has 1 amide bonds. The van der Waals surface area contributed by atoms with E-state index in [0.29, 0.717) is 33.3 Å². The Kier molecular flexibility index (Phi) is 8.11. The molecule has 1 aromatic carbocycles. The number of nitrogens with one attached hydrogen (secondary N) is 1. The average Bonchev–Trinajstić information content (AvgIpc) is 3.09. The molecule has 0 spiro atoms. The highest BCUT2D eigenvalue weighted by molar-refractivity contribution is 7.99. The lowest BCUT2D eigenvalue weighted by Gasteiger charge is -2.10. The van der Waals surface area contributed by atoms with Gasteiger partial charge in [0.25, 0.3) is 0 Å². The number of nitrogens with zero attached hydrogens (tertiary/aromatic N) is 5. The van der Waals surface area contributed by atoms with Crippen molar-refractivity contribution in [1.29, 1.82) is 0 Å². The lowest BCUT2D eigenvalue weighted by Crippen LogP contribution is -2.15. The van der Waals surface area contributed by atoms with Gasteiger partial charge in [-0.05, 0) is 44.5 Å². The molecule has 2 heterocycles. The van der Waals surface area contributed by atoms with E-state index in [1.807, 2.05) is 37.5 Å². The van der Waals surface area contributed by atoms with Crippen LogP contribution in [0.2, 0.25) is 5.02 Å². The Morgan fingerprint density at radius 3 is 2.61 bits per heavy atom. The molecule has 31 heavy (non-hydrogen) atoms. The van der Waals surface area contributed by atoms with Crippen LogP contribution in [0.25, 0.3) is 0 Å². The number of thioether (sulfide) groups is 2. The number of rotatable bonds is 9. The molecule has 7 nitrogen and oxygen atoms in total. The lowest BCUT2D eigenvalue weighted by atomic mass is 10.2. The monoisotopic (exact) mass is 474 g/mol. The minimum atomic E-state index is -0.136. The summed E-state index contributed by atoms with van der Waals surface area (Å²) in [6, 6.07) is 7.34. The Morgan fingerprint density at radius 1 is 1.16 bits per heavy atom. The van der Waals surface area contributed by atoms with Crippen molar-refractivity contribution < 1.29 is 4.79 Å². The molecule has 10 heteroatoms. The molecule has 0 aliphatic rings. The number of carbonyl (C=O) groups excluding carboxylic acids is 1. The van der Waals surface area contributed by atoms with Gasteiger partial charge in [0, 0.05) is 28.6 Å². The highest BCUT2D eigenvalue weighted by atomic mass is 35.5. The summed E-state index contributed by atoms with van der Waals surface area (Å²) in [4.78, 5) is 21.3. The number of hydrogen-bond acceptors (Lipinski definition) is 7. The Balaban J connectivity index is 1.64. The highest BCUT2D eigenvalue weighted by Gasteiger charge is 2.15. The highest BCUT2D eigenvalue weighted by Crippen LogP contribution is 2.24. The van der Waals surface area contributed by atoms with Crippen LogP contribution in [0, 0.1) is 20.8 Å². The largest absolute Gasteiger partial charge is 0.325 e. The Hall–Kier alpha value is -2.36. The van der Waals surface area contributed by atoms with Crippen molar-refractivity contribution in [3.63, 3.8) is 0 Å². The molecular weight excluding hydrogens is 452 g/mol. The van der Waals surface area contributed by atoms with Crippen LogP contribution in [-0.2, 0) is 17.1 Å². The van der Waals surface area contributed by atoms with Crippen LogP contribution in [0.3, 0.4) is 0 Å². The van der Waals surface area contributed by atoms with Gasteiger partial charge in [0.2, 0.25) is 5.91 Å². The second-order valence-electron chi connectivity index (χ2n) is 6.82. The third-order valence-electron chi connectivity index (χ3n) is 4.20. The van der Waals surface area contributed by atoms with E-state index in [4.69, 9.17) is 11.6 Å². The van der Waals surface area contributed by atoms with Crippen LogP contribution in [0.15, 0.2) is 47.2 Å². The number of aryl methyl sites for hydroxylation is 3. The summed E-state index contributed by atoms with van der Waals surface area (Å²) in [6.07, 6.45) is 1.78. The summed E-state index contributed by atoms with van der Waals surface area (Å²) in [7, 11) is 0. The van der Waals surface area contributed by atoms with Crippen LogP contribution in [-0.4, -0.2) is 36.4 Å². The molecule has 1 N–H and O–H groups in total. The molecule has 3 aromatic rings. The molecule has 0 unspecified atom stereocenters. The SMILES string of the molecule is C=CCn1c(CSc2nc(C)cc(C)n2)nnc1SCC(=O)Nc1cc(Cl)ccc1C. The molecule has 0 aliphatic heterocycles. The van der Waals surface area contributed by atoms with Crippen molar-refractivity contribution in [3.05, 3.63) is 64.7 Å². The number of amides is 1. The van der Waals surface area contributed by atoms with Gasteiger partial charge in [-0.1, -0.05) is 47.3 Å². The quantitative estimate of drug-likeness (QED) is 0.269. The first-order valence-corrected chi connectivity index (χ1v) is 11.9. The topological polar surface area (TPSA) is 85.6 Å². The smallest absolute Gasteiger partial charge is 0.234 e. The van der Waals surface area contributed by atoms with Crippen LogP contribution in [0.1, 0.15) is 22.8 Å². The lowest BCUT2D eigenvalue weighted by molar-refractivity contribution is -0.113. The number of halogens is 1. The van der Waals surface area contributed by atoms with Crippen molar-refractivity contribution in [2.75, 3.05) is 11.1 Å². The minimum Gasteiger partial charge on any atom is -0.325 e. The summed E-state index contributed by atoms with van der Waals surface area (Å²) >= 11 is 8.86. The number of allylic oxidation sites excluding steroid dienone is 1. The molecule has 0 radical (unpaired) electrons. The fourth-order valence-electron chi connectivity index (χ4n) is 2.78. The number of carbonyl (C=O) groups is 1. The predicted molar refractivity (Wildman–Crippen MR) is 127 cm³/mol. The first-order chi connectivity index (χ1) is 14.9. The van der Waals surface area contributed by atoms with E-state index in [2.05, 4.69) is 32.1 Å². The van der Waals surface area contributed by atoms with E-state index in [-0.39, 0.29) is 11.7 Å². The van der Waals surface area contributed by atoms with Gasteiger partial charge in [0.1, 0.15) is 5.82 Å². The summed E-state index contributed by atoms with van der Waals surface area (Å²) in [5, 5.41) is 13.4. The number of benzene rings is 1. The molecule has 162 valence electrons. The first-order valence-electron chi connectivity index (χ1n) is 9.52. The van der Waals surface area contributed by atoms with Gasteiger partial charge >= 0.3 is 0 Å². The maximum Gasteiger partial charge on any atom is 0.234 e. The molecule has 0 saturated carbocycles. The number of hydrogen-bond donors (Lipinski definition) is 1. The van der Waals surface area contributed by atoms with E-state index in [1.54, 1.807) is 18.2 Å². The fraction of sp³-hybridized carbons (Fsp3) is 0.286. The van der Waals surface area contributed by atoms with Gasteiger partial charge in [-0.2, -0.15) is 0 Å². The van der Waals surface area contributed by atoms with E-state index < -0.39 is 0 Å². The van der Waals surface area contributed by atoms with E-state index in [0.717, 1.165) is 22.8 Å². The van der Waals surface area contributed by atoms with Crippen LogP contribution in [0.5, 0.6) is 0 Å². The van der Waals surface area contributed by atoms with E-state index in [1.165, 1.54) is 23.5 Å². The molecule has 3 rings (SSSR count). The van der Waals surface area contributed by atoms with Crippen LogP contribution < -0.4 is 5.32 Å². The maximum atomic E-state index is 12.4. The first kappa shape index (κ1) is 23.3. The third kappa shape index (κ3) is 6.56. The van der Waals surface area contributed by atoms with Gasteiger partial charge in [-0.25, -0.2) is 9.97 Å². The fourth-order valence-corrected chi connectivity index (χ4v) is 4.61. The van der Waals surface area contributed by atoms with Crippen molar-refractivity contribution in [2.45, 2.75) is 43.4 Å². The Labute approximate surface area is 195 Å². The standard InChI is InChI=1S/C21H23ClN6OS2/c1-5-8-28-18(11-30-20-23-14(3)9-15(4)24-20)26-27-21(28)31-12-19(29)25-17-10-16(22)7-6-13(17)2/h5-7,9-10H,1,8,11-12H2,2-4H3,(H,25,29). The molecule has 0 fully saturated rings. The van der Waals surface area contributed by atoms with Crippen LogP contribution >= 0.6 is 35.1 Å². The zero-order valence-electron chi connectivity index (χ0n) is 17.6. The average molecular weight is 475 g/mol. The second kappa shape index (κ2) is 10.8. The Bertz CT molecular complexity index is 1080. The van der Waals surface area contributed by atoms with Crippen molar-refractivity contribution in [2.24, 2.45) is 0 Å². The van der Waals surface area contributed by atoms with Gasteiger partial charge in [-0.3, -0.25) is 4.79 Å². The van der Waals surface area contributed by atoms with E-state index >= 15 is 0 Å². The summed E-state index contributed by atoms with van der Waals surface area (Å²) in [5.74, 6) is 1.41. The molecular formula is C21H23ClN6OS2. The van der Waals surface area contributed by atoms with Crippen molar-refractivity contribution in [1.82, 2.24) is 24.7 Å². The zero-order chi connectivity index (χ0) is 22.4. The second-order valence-corrected chi connectivity index (χ2v) is 9.14. The Morgan fingerprint density at radius 2 is 1.90 bits per heavy atom. The molecule has 0 saturated heterocycles. The maximum absolute atomic E-state index is 12.4. The summed E-state index contributed by atoms with van der Waals surface area (Å²) in [6.45, 7) is 10.2. The van der Waals surface area contributed by atoms with Crippen molar-refractivity contribution >= 4 is 46.7 Å². The summed E-state index contributed by atoms with van der Waals surface area (Å²) < 4.78 is 1.95. The van der Waals surface area contributed by atoms with E-state index in [9.17, 15) is 4.79 Å². The molecule has 0 aliphatic carbocycles. The number of anilines is 1. The molecule has 0 atom stereocenters. The normalized spacial score (nSPS) is 10.8. The molecule has 0 bridgehead atoms. The van der Waals surface area contributed by atoms with Gasteiger partial charge in [-0.15, -0.1) is 16.8 Å². The van der Waals surface area contributed by atoms with Crippen molar-refractivity contribution in [3.8, 4) is 0 Å². The predicted octanol–water partition coefficient (Wildman–Crippen LogP) is 4.86. The number of aromatic nitrogens is 5. The summed E-state index contributed by atoms with van der Waals surface area (Å²) in [5.41, 5.74) is 3.51. The molecule has 2 aromatic heterocycles.